The lowest BCUT2D eigenvalue weighted by Crippen LogP contribution is -2.34. The van der Waals surface area contributed by atoms with Crippen molar-refractivity contribution in [1.29, 1.82) is 0 Å². The highest BCUT2D eigenvalue weighted by Gasteiger charge is 2.30. The first-order chi connectivity index (χ1) is 9.74. The Morgan fingerprint density at radius 1 is 1.40 bits per heavy atom. The summed E-state index contributed by atoms with van der Waals surface area (Å²) in [4.78, 5) is 14.2. The maximum atomic E-state index is 13.1. The molecule has 3 rings (SSSR count). The summed E-state index contributed by atoms with van der Waals surface area (Å²) in [6, 6.07) is 8.00. The van der Waals surface area contributed by atoms with Gasteiger partial charge in [-0.25, -0.2) is 9.18 Å². The highest BCUT2D eigenvalue weighted by Crippen LogP contribution is 2.33. The number of amides is 2. The van der Waals surface area contributed by atoms with Crippen molar-refractivity contribution in [3.63, 3.8) is 0 Å². The Kier molecular flexibility index (Phi) is 3.69. The van der Waals surface area contributed by atoms with Gasteiger partial charge in [0.15, 0.2) is 0 Å². The van der Waals surface area contributed by atoms with Crippen LogP contribution in [0, 0.1) is 5.82 Å². The number of nitrogens with one attached hydrogen (secondary N) is 1. The Morgan fingerprint density at radius 2 is 2.30 bits per heavy atom. The number of carbonyl (C=O) groups excluding carboxylic acids is 1. The van der Waals surface area contributed by atoms with Crippen LogP contribution in [0.1, 0.15) is 24.4 Å². The molecule has 1 aliphatic rings. The highest BCUT2D eigenvalue weighted by atomic mass is 32.1. The van der Waals surface area contributed by atoms with Crippen LogP contribution in [0.4, 0.5) is 14.9 Å². The molecule has 2 aromatic rings. The van der Waals surface area contributed by atoms with Gasteiger partial charge in [0.1, 0.15) is 5.82 Å². The van der Waals surface area contributed by atoms with Crippen molar-refractivity contribution in [2.24, 2.45) is 0 Å². The van der Waals surface area contributed by atoms with Gasteiger partial charge in [-0.3, -0.25) is 0 Å². The fourth-order valence-corrected chi connectivity index (χ4v) is 3.29. The number of urea groups is 1. The number of likely N-dealkylation sites (tertiary alicyclic amines) is 1. The number of benzene rings is 1. The third-order valence-corrected chi connectivity index (χ3v) is 4.22. The number of anilines is 1. The number of rotatable bonds is 2. The molecule has 5 heteroatoms. The number of nitrogens with zero attached hydrogens (tertiary/aromatic N) is 1. The predicted molar refractivity (Wildman–Crippen MR) is 78.4 cm³/mol. The third-order valence-electron chi connectivity index (χ3n) is 3.52. The van der Waals surface area contributed by atoms with Crippen LogP contribution >= 0.6 is 11.3 Å². The first-order valence-corrected chi connectivity index (χ1v) is 7.53. The Morgan fingerprint density at radius 3 is 3.05 bits per heavy atom. The van der Waals surface area contributed by atoms with E-state index in [1.54, 1.807) is 23.5 Å². The van der Waals surface area contributed by atoms with Gasteiger partial charge in [0.25, 0.3) is 0 Å². The molecule has 0 spiro atoms. The van der Waals surface area contributed by atoms with E-state index in [0.717, 1.165) is 19.4 Å². The van der Waals surface area contributed by atoms with E-state index in [2.05, 4.69) is 16.8 Å². The normalized spacial score (nSPS) is 18.2. The molecule has 1 aromatic heterocycles. The van der Waals surface area contributed by atoms with Crippen LogP contribution in [0.3, 0.4) is 0 Å². The molecule has 0 unspecified atom stereocenters. The molecule has 1 aromatic carbocycles. The maximum Gasteiger partial charge on any atom is 0.322 e. The van der Waals surface area contributed by atoms with Gasteiger partial charge in [-0.1, -0.05) is 6.07 Å². The minimum atomic E-state index is -0.349. The average molecular weight is 290 g/mol. The van der Waals surface area contributed by atoms with Crippen molar-refractivity contribution in [3.05, 3.63) is 52.5 Å². The third kappa shape index (κ3) is 2.67. The van der Waals surface area contributed by atoms with Gasteiger partial charge < -0.3 is 10.2 Å². The zero-order chi connectivity index (χ0) is 13.9. The van der Waals surface area contributed by atoms with E-state index in [4.69, 9.17) is 0 Å². The van der Waals surface area contributed by atoms with Crippen molar-refractivity contribution >= 4 is 23.1 Å². The van der Waals surface area contributed by atoms with E-state index in [9.17, 15) is 9.18 Å². The second kappa shape index (κ2) is 5.63. The summed E-state index contributed by atoms with van der Waals surface area (Å²) in [6.07, 6.45) is 1.98. The number of carbonyl (C=O) groups is 1. The average Bonchev–Trinajstić information content (AvgIpc) is 3.09. The Bertz CT molecular complexity index is 600. The van der Waals surface area contributed by atoms with Crippen molar-refractivity contribution in [1.82, 2.24) is 4.90 Å². The zero-order valence-electron chi connectivity index (χ0n) is 10.9. The number of thiophene rings is 1. The lowest BCUT2D eigenvalue weighted by molar-refractivity contribution is 0.207. The monoisotopic (exact) mass is 290 g/mol. The summed E-state index contributed by atoms with van der Waals surface area (Å²) >= 11 is 1.64. The molecule has 1 fully saturated rings. The lowest BCUT2D eigenvalue weighted by atomic mass is 10.1. The van der Waals surface area contributed by atoms with E-state index in [1.165, 1.54) is 17.7 Å². The molecule has 0 radical (unpaired) electrons. The number of hydrogen-bond acceptors (Lipinski definition) is 2. The molecule has 104 valence electrons. The van der Waals surface area contributed by atoms with Gasteiger partial charge in [-0.2, -0.15) is 11.3 Å². The van der Waals surface area contributed by atoms with Crippen molar-refractivity contribution < 1.29 is 9.18 Å². The smallest absolute Gasteiger partial charge is 0.317 e. The summed E-state index contributed by atoms with van der Waals surface area (Å²) in [5, 5.41) is 6.87. The van der Waals surface area contributed by atoms with Gasteiger partial charge in [0.2, 0.25) is 0 Å². The fourth-order valence-electron chi connectivity index (χ4n) is 2.58. The van der Waals surface area contributed by atoms with E-state index in [1.807, 2.05) is 10.3 Å². The highest BCUT2D eigenvalue weighted by molar-refractivity contribution is 7.07. The zero-order valence-corrected chi connectivity index (χ0v) is 11.7. The quantitative estimate of drug-likeness (QED) is 0.880. The van der Waals surface area contributed by atoms with Crippen LogP contribution in [0.5, 0.6) is 0 Å². The second-order valence-corrected chi connectivity index (χ2v) is 5.63. The molecule has 1 aliphatic heterocycles. The molecule has 1 saturated heterocycles. The van der Waals surface area contributed by atoms with Crippen molar-refractivity contribution in [2.75, 3.05) is 11.9 Å². The standard InChI is InChI=1S/C15H15FN2OS/c16-12-3-1-4-13(9-12)17-15(19)18-7-2-5-14(18)11-6-8-20-10-11/h1,3-4,6,8-10,14H,2,5,7H2,(H,17,19)/t14-/m1/s1. The molecule has 2 amide bonds. The van der Waals surface area contributed by atoms with E-state index >= 15 is 0 Å². The van der Waals surface area contributed by atoms with Gasteiger partial charge in [0.05, 0.1) is 6.04 Å². The number of halogens is 1. The van der Waals surface area contributed by atoms with Crippen LogP contribution < -0.4 is 5.32 Å². The van der Waals surface area contributed by atoms with Gasteiger partial charge in [0, 0.05) is 12.2 Å². The molecule has 3 nitrogen and oxygen atoms in total. The molecule has 0 aliphatic carbocycles. The van der Waals surface area contributed by atoms with Gasteiger partial charge in [-0.15, -0.1) is 0 Å². The molecule has 20 heavy (non-hydrogen) atoms. The fraction of sp³-hybridized carbons (Fsp3) is 0.267. The molecule has 1 atom stereocenters. The first kappa shape index (κ1) is 13.1. The first-order valence-electron chi connectivity index (χ1n) is 6.59. The minimum Gasteiger partial charge on any atom is -0.317 e. The largest absolute Gasteiger partial charge is 0.322 e. The lowest BCUT2D eigenvalue weighted by Gasteiger charge is -2.24. The van der Waals surface area contributed by atoms with E-state index in [-0.39, 0.29) is 17.9 Å². The Balaban J connectivity index is 1.73. The SMILES string of the molecule is O=C(Nc1cccc(F)c1)N1CCC[C@@H]1c1ccsc1. The van der Waals surface area contributed by atoms with E-state index in [0.29, 0.717) is 5.69 Å². The molecular weight excluding hydrogens is 275 g/mol. The molecule has 0 saturated carbocycles. The molecular formula is C15H15FN2OS. The minimum absolute atomic E-state index is 0.134. The van der Waals surface area contributed by atoms with Crippen LogP contribution in [0.25, 0.3) is 0 Å². The van der Waals surface area contributed by atoms with Crippen LogP contribution in [-0.2, 0) is 0 Å². The topological polar surface area (TPSA) is 32.3 Å². The summed E-state index contributed by atoms with van der Waals surface area (Å²) in [6.45, 7) is 0.738. The van der Waals surface area contributed by atoms with Gasteiger partial charge >= 0.3 is 6.03 Å². The summed E-state index contributed by atoms with van der Waals surface area (Å²) in [5.41, 5.74) is 1.67. The van der Waals surface area contributed by atoms with Crippen LogP contribution in [-0.4, -0.2) is 17.5 Å². The van der Waals surface area contributed by atoms with Crippen molar-refractivity contribution in [3.8, 4) is 0 Å². The number of hydrogen-bond donors (Lipinski definition) is 1. The summed E-state index contributed by atoms with van der Waals surface area (Å²) in [7, 11) is 0. The van der Waals surface area contributed by atoms with Crippen LogP contribution in [0.15, 0.2) is 41.1 Å². The van der Waals surface area contributed by atoms with Crippen LogP contribution in [0.2, 0.25) is 0 Å². The van der Waals surface area contributed by atoms with E-state index < -0.39 is 0 Å². The molecule has 1 N–H and O–H groups in total. The predicted octanol–water partition coefficient (Wildman–Crippen LogP) is 4.26. The molecule has 2 heterocycles. The van der Waals surface area contributed by atoms with Gasteiger partial charge in [-0.05, 0) is 53.4 Å². The Labute approximate surface area is 121 Å². The maximum absolute atomic E-state index is 13.1. The Hall–Kier alpha value is -1.88. The summed E-state index contributed by atoms with van der Waals surface area (Å²) < 4.78 is 13.1. The summed E-state index contributed by atoms with van der Waals surface area (Å²) in [5.74, 6) is -0.349. The van der Waals surface area contributed by atoms with Crippen molar-refractivity contribution in [2.45, 2.75) is 18.9 Å². The molecule has 0 bridgehead atoms. The second-order valence-electron chi connectivity index (χ2n) is 4.85.